The van der Waals surface area contributed by atoms with E-state index in [9.17, 15) is 44.3 Å². The molecular formula is C40H73O14P. The van der Waals surface area contributed by atoms with Crippen LogP contribution in [0, 0.1) is 17.8 Å². The van der Waals surface area contributed by atoms with E-state index in [4.69, 9.17) is 19.1 Å². The van der Waals surface area contributed by atoms with Crippen LogP contribution in [-0.4, -0.2) is 105 Å². The van der Waals surface area contributed by atoms with Gasteiger partial charge in [-0.25, -0.2) is 4.57 Å². The summed E-state index contributed by atoms with van der Waals surface area (Å²) in [5, 5.41) is 49.6. The molecule has 0 saturated heterocycles. The number of hydrogen-bond acceptors (Lipinski definition) is 13. The number of aliphatic hydroxyl groups excluding tert-OH is 5. The van der Waals surface area contributed by atoms with Gasteiger partial charge in [0.05, 0.1) is 38.1 Å². The molecule has 1 aliphatic rings. The second-order valence-electron chi connectivity index (χ2n) is 15.5. The van der Waals surface area contributed by atoms with Crippen LogP contribution in [0.4, 0.5) is 0 Å². The summed E-state index contributed by atoms with van der Waals surface area (Å²) in [6.07, 6.45) is 12.7. The van der Waals surface area contributed by atoms with Crippen LogP contribution in [0.15, 0.2) is 12.2 Å². The molecule has 14 nitrogen and oxygen atoms in total. The highest BCUT2D eigenvalue weighted by Gasteiger charge is 2.41. The zero-order valence-electron chi connectivity index (χ0n) is 33.6. The Bertz CT molecular complexity index is 1120. The molecule has 322 valence electrons. The molecule has 6 N–H and O–H groups in total. The lowest BCUT2D eigenvalue weighted by molar-refractivity contribution is -0.161. The third-order valence-corrected chi connectivity index (χ3v) is 10.8. The number of phosphoric ester groups is 1. The number of ketones is 1. The molecule has 0 aromatic rings. The minimum atomic E-state index is -4.72. The lowest BCUT2D eigenvalue weighted by Crippen LogP contribution is -2.30. The number of ether oxygens (including phenoxy) is 2. The van der Waals surface area contributed by atoms with Gasteiger partial charge in [0.25, 0.3) is 0 Å². The summed E-state index contributed by atoms with van der Waals surface area (Å²) in [6, 6.07) is 0. The number of carbonyl (C=O) groups excluding carboxylic acids is 3. The minimum Gasteiger partial charge on any atom is -0.462 e. The Balaban J connectivity index is 2.55. The molecule has 0 aromatic heterocycles. The first kappa shape index (κ1) is 51.3. The standard InChI is InChI=1S/C40H73O14P/c1-4-5-12-18-31(42)22-23-35-36(38(46)25-37(35)45)24-32(43)19-15-16-21-40(48)54-34(29-53-55(49,50)52-27-33(44)26-41)28-51-39(47)20-14-11-9-7-6-8-10-13-17-30(2)3/h22-23,30-31,33-38,41-42,44-46H,4-21,24-29H2,1-3H3,(H,49,50)/b23-22+/t31-,33-,34+,35+,36+,37+,38-/m0/s1. The summed E-state index contributed by atoms with van der Waals surface area (Å²) in [4.78, 5) is 47.9. The maximum absolute atomic E-state index is 12.8. The summed E-state index contributed by atoms with van der Waals surface area (Å²) in [7, 11) is -4.72. The van der Waals surface area contributed by atoms with Gasteiger partial charge in [-0.15, -0.1) is 0 Å². The van der Waals surface area contributed by atoms with E-state index < -0.39 is 88.5 Å². The average molecular weight is 809 g/mol. The number of carbonyl (C=O) groups is 3. The summed E-state index contributed by atoms with van der Waals surface area (Å²) >= 11 is 0. The van der Waals surface area contributed by atoms with Crippen LogP contribution in [-0.2, 0) is 37.5 Å². The Morgan fingerprint density at radius 3 is 2.00 bits per heavy atom. The van der Waals surface area contributed by atoms with Gasteiger partial charge in [-0.2, -0.15) is 0 Å². The van der Waals surface area contributed by atoms with E-state index in [0.29, 0.717) is 19.3 Å². The molecule has 1 fully saturated rings. The zero-order chi connectivity index (χ0) is 41.1. The Labute approximate surface area is 329 Å². The van der Waals surface area contributed by atoms with E-state index in [0.717, 1.165) is 44.4 Å². The van der Waals surface area contributed by atoms with E-state index >= 15 is 0 Å². The molecule has 1 saturated carbocycles. The van der Waals surface area contributed by atoms with Gasteiger partial charge >= 0.3 is 19.8 Å². The molecule has 0 radical (unpaired) electrons. The largest absolute Gasteiger partial charge is 0.472 e. The molecule has 0 bridgehead atoms. The number of unbranched alkanes of at least 4 members (excludes halogenated alkanes) is 10. The SMILES string of the molecule is CCCCC[C@H](O)/C=C/[C@@H]1[C@@H](CC(=O)CCCCC(=O)O[C@H](COC(=O)CCCCCCCCCCC(C)C)COP(=O)(O)OC[C@@H](O)CO)[C@@H](O)C[C@H]1O. The van der Waals surface area contributed by atoms with E-state index in [1.807, 2.05) is 0 Å². The van der Waals surface area contributed by atoms with Gasteiger partial charge in [0, 0.05) is 43.9 Å². The normalized spacial score (nSPS) is 21.4. The number of esters is 2. The van der Waals surface area contributed by atoms with E-state index in [-0.39, 0.29) is 44.3 Å². The maximum atomic E-state index is 12.8. The lowest BCUT2D eigenvalue weighted by atomic mass is 9.87. The van der Waals surface area contributed by atoms with Gasteiger partial charge in [0.1, 0.15) is 18.5 Å². The van der Waals surface area contributed by atoms with Crippen molar-refractivity contribution in [3.63, 3.8) is 0 Å². The van der Waals surface area contributed by atoms with E-state index in [2.05, 4.69) is 25.3 Å². The van der Waals surface area contributed by atoms with Crippen molar-refractivity contribution in [3.8, 4) is 0 Å². The fourth-order valence-electron chi connectivity index (χ4n) is 6.53. The van der Waals surface area contributed by atoms with Crippen LogP contribution in [0.2, 0.25) is 0 Å². The first-order chi connectivity index (χ1) is 26.2. The highest BCUT2D eigenvalue weighted by molar-refractivity contribution is 7.47. The first-order valence-electron chi connectivity index (χ1n) is 20.7. The number of phosphoric acid groups is 1. The molecule has 0 heterocycles. The van der Waals surface area contributed by atoms with Crippen molar-refractivity contribution in [2.24, 2.45) is 17.8 Å². The van der Waals surface area contributed by atoms with Gasteiger partial charge in [-0.3, -0.25) is 23.4 Å². The third-order valence-electron chi connectivity index (χ3n) is 9.83. The molecule has 55 heavy (non-hydrogen) atoms. The Morgan fingerprint density at radius 2 is 1.35 bits per heavy atom. The predicted molar refractivity (Wildman–Crippen MR) is 208 cm³/mol. The number of rotatable bonds is 34. The van der Waals surface area contributed by atoms with Gasteiger partial charge in [0.2, 0.25) is 0 Å². The van der Waals surface area contributed by atoms with Crippen LogP contribution in [0.5, 0.6) is 0 Å². The predicted octanol–water partition coefficient (Wildman–Crippen LogP) is 5.86. The quantitative estimate of drug-likeness (QED) is 0.0194. The highest BCUT2D eigenvalue weighted by atomic mass is 31.2. The highest BCUT2D eigenvalue weighted by Crippen LogP contribution is 2.43. The van der Waals surface area contributed by atoms with E-state index in [1.165, 1.54) is 32.1 Å². The average Bonchev–Trinajstić information content (AvgIpc) is 3.40. The molecule has 15 heteroatoms. The fourth-order valence-corrected chi connectivity index (χ4v) is 7.32. The Hall–Kier alpha value is -1.74. The van der Waals surface area contributed by atoms with E-state index in [1.54, 1.807) is 12.2 Å². The van der Waals surface area contributed by atoms with Crippen molar-refractivity contribution < 1.29 is 67.9 Å². The lowest BCUT2D eigenvalue weighted by Gasteiger charge is -2.21. The topological polar surface area (TPSA) is 227 Å². The van der Waals surface area contributed by atoms with Crippen molar-refractivity contribution in [1.29, 1.82) is 0 Å². The third kappa shape index (κ3) is 26.0. The van der Waals surface area contributed by atoms with Crippen LogP contribution < -0.4 is 0 Å². The number of aliphatic hydroxyl groups is 5. The minimum absolute atomic E-state index is 0.0472. The second kappa shape index (κ2) is 30.4. The summed E-state index contributed by atoms with van der Waals surface area (Å²) in [5.74, 6) is -1.55. The Morgan fingerprint density at radius 1 is 0.764 bits per heavy atom. The summed E-state index contributed by atoms with van der Waals surface area (Å²) < 4.78 is 32.5. The van der Waals surface area contributed by atoms with Crippen molar-refractivity contribution in [2.75, 3.05) is 26.4 Å². The van der Waals surface area contributed by atoms with Crippen LogP contribution in [0.1, 0.15) is 149 Å². The smallest absolute Gasteiger partial charge is 0.462 e. The van der Waals surface area contributed by atoms with Gasteiger partial charge in [-0.05, 0) is 31.6 Å². The van der Waals surface area contributed by atoms with Crippen LogP contribution >= 0.6 is 7.82 Å². The maximum Gasteiger partial charge on any atom is 0.472 e. The first-order valence-corrected chi connectivity index (χ1v) is 22.2. The van der Waals surface area contributed by atoms with Crippen molar-refractivity contribution in [2.45, 2.75) is 180 Å². The molecule has 0 aromatic carbocycles. The molecule has 1 rings (SSSR count). The summed E-state index contributed by atoms with van der Waals surface area (Å²) in [5.41, 5.74) is 0. The number of Topliss-reactive ketones (excluding diaryl/α,β-unsaturated/α-hetero) is 1. The van der Waals surface area contributed by atoms with Gasteiger partial charge in [0.15, 0.2) is 6.10 Å². The molecule has 1 aliphatic carbocycles. The van der Waals surface area contributed by atoms with Gasteiger partial charge in [-0.1, -0.05) is 104 Å². The molecular weight excluding hydrogens is 735 g/mol. The van der Waals surface area contributed by atoms with Crippen LogP contribution in [0.25, 0.3) is 0 Å². The number of hydrogen-bond donors (Lipinski definition) is 6. The zero-order valence-corrected chi connectivity index (χ0v) is 34.5. The molecule has 0 amide bonds. The van der Waals surface area contributed by atoms with Crippen molar-refractivity contribution in [1.82, 2.24) is 0 Å². The Kier molecular flexibility index (Phi) is 28.3. The molecule has 0 aliphatic heterocycles. The van der Waals surface area contributed by atoms with Gasteiger partial charge < -0.3 is 39.9 Å². The van der Waals surface area contributed by atoms with Crippen LogP contribution in [0.3, 0.4) is 0 Å². The molecule has 1 unspecified atom stereocenters. The van der Waals surface area contributed by atoms with Crippen molar-refractivity contribution in [3.05, 3.63) is 12.2 Å². The fraction of sp³-hybridized carbons (Fsp3) is 0.875. The monoisotopic (exact) mass is 808 g/mol. The molecule has 8 atom stereocenters. The second-order valence-corrected chi connectivity index (χ2v) is 16.9. The molecule has 0 spiro atoms. The summed E-state index contributed by atoms with van der Waals surface area (Å²) in [6.45, 7) is 4.08. The van der Waals surface area contributed by atoms with Crippen molar-refractivity contribution >= 4 is 25.5 Å².